The molecule has 0 aromatic heterocycles. The van der Waals surface area contributed by atoms with Crippen LogP contribution in [0.4, 0.5) is 13.2 Å². The van der Waals surface area contributed by atoms with Gasteiger partial charge in [-0.15, -0.1) is 0 Å². The maximum absolute atomic E-state index is 13.0. The molecule has 1 unspecified atom stereocenters. The molecule has 1 aromatic carbocycles. The van der Waals surface area contributed by atoms with E-state index in [0.29, 0.717) is 38.1 Å². The van der Waals surface area contributed by atoms with E-state index in [2.05, 4.69) is 0 Å². The van der Waals surface area contributed by atoms with E-state index >= 15 is 0 Å². The smallest absolute Gasteiger partial charge is 0.416 e. The quantitative estimate of drug-likeness (QED) is 0.540. The Labute approximate surface area is 202 Å². The molecule has 3 amide bonds. The van der Waals surface area contributed by atoms with Crippen LogP contribution in [0.2, 0.25) is 0 Å². The number of hydrogen-bond acceptors (Lipinski definition) is 5. The number of esters is 1. The zero-order valence-corrected chi connectivity index (χ0v) is 19.8. The predicted octanol–water partition coefficient (Wildman–Crippen LogP) is 2.31. The van der Waals surface area contributed by atoms with Crippen molar-refractivity contribution in [1.82, 2.24) is 14.7 Å². The van der Waals surface area contributed by atoms with Crippen molar-refractivity contribution in [3.63, 3.8) is 0 Å². The fourth-order valence-corrected chi connectivity index (χ4v) is 4.47. The molecule has 0 N–H and O–H groups in total. The number of likely N-dealkylation sites (tertiary alicyclic amines) is 2. The molecule has 8 nitrogen and oxygen atoms in total. The molecule has 0 radical (unpaired) electrons. The molecular weight excluding hydrogens is 467 g/mol. The third kappa shape index (κ3) is 6.73. The number of benzene rings is 1. The summed E-state index contributed by atoms with van der Waals surface area (Å²) in [6.07, 6.45) is -3.53. The Morgan fingerprint density at radius 1 is 1.14 bits per heavy atom. The SMILES string of the molecule is CCOC(=O)C1CCN(C(=O)CN(C)C(=O)C2CC(=O)N(Cc3cccc(C(F)(F)F)c3)C2)CC1. The van der Waals surface area contributed by atoms with Crippen molar-refractivity contribution >= 4 is 23.7 Å². The van der Waals surface area contributed by atoms with Crippen LogP contribution in [-0.4, -0.2) is 78.2 Å². The van der Waals surface area contributed by atoms with Gasteiger partial charge in [-0.05, 0) is 37.5 Å². The van der Waals surface area contributed by atoms with Crippen molar-refractivity contribution in [2.75, 3.05) is 39.8 Å². The number of halogens is 3. The summed E-state index contributed by atoms with van der Waals surface area (Å²) >= 11 is 0. The lowest BCUT2D eigenvalue weighted by molar-refractivity contribution is -0.151. The second-order valence-corrected chi connectivity index (χ2v) is 8.97. The van der Waals surface area contributed by atoms with Gasteiger partial charge in [0, 0.05) is 39.6 Å². The number of rotatable bonds is 7. The Kier molecular flexibility index (Phi) is 8.39. The van der Waals surface area contributed by atoms with E-state index in [0.717, 1.165) is 12.1 Å². The van der Waals surface area contributed by atoms with Gasteiger partial charge in [0.05, 0.1) is 30.6 Å². The summed E-state index contributed by atoms with van der Waals surface area (Å²) < 4.78 is 43.9. The zero-order chi connectivity index (χ0) is 25.8. The number of nitrogens with zero attached hydrogens (tertiary/aromatic N) is 3. The molecule has 2 saturated heterocycles. The fourth-order valence-electron chi connectivity index (χ4n) is 4.47. The third-order valence-electron chi connectivity index (χ3n) is 6.41. The normalized spacial score (nSPS) is 19.1. The van der Waals surface area contributed by atoms with E-state index in [1.165, 1.54) is 29.0 Å². The fraction of sp³-hybridized carbons (Fsp3) is 0.583. The first-order valence-corrected chi connectivity index (χ1v) is 11.6. The van der Waals surface area contributed by atoms with Gasteiger partial charge in [0.1, 0.15) is 0 Å². The summed E-state index contributed by atoms with van der Waals surface area (Å²) in [7, 11) is 1.49. The number of likely N-dealkylation sites (N-methyl/N-ethyl adjacent to an activating group) is 1. The first-order valence-electron chi connectivity index (χ1n) is 11.6. The third-order valence-corrected chi connectivity index (χ3v) is 6.41. The van der Waals surface area contributed by atoms with E-state index in [9.17, 15) is 32.3 Å². The molecule has 0 aliphatic carbocycles. The van der Waals surface area contributed by atoms with Gasteiger partial charge in [0.15, 0.2) is 0 Å². The topological polar surface area (TPSA) is 87.2 Å². The second-order valence-electron chi connectivity index (χ2n) is 8.97. The summed E-state index contributed by atoms with van der Waals surface area (Å²) in [5.41, 5.74) is -0.463. The summed E-state index contributed by atoms with van der Waals surface area (Å²) in [5.74, 6) is -2.08. The summed E-state index contributed by atoms with van der Waals surface area (Å²) in [6, 6.07) is 4.76. The van der Waals surface area contributed by atoms with Crippen LogP contribution in [0.25, 0.3) is 0 Å². The molecule has 1 atom stereocenters. The molecule has 2 aliphatic rings. The Balaban J connectivity index is 1.50. The number of carbonyl (C=O) groups excluding carboxylic acids is 4. The Bertz CT molecular complexity index is 960. The van der Waals surface area contributed by atoms with Crippen LogP contribution in [0.5, 0.6) is 0 Å². The molecule has 192 valence electrons. The Morgan fingerprint density at radius 3 is 2.46 bits per heavy atom. The van der Waals surface area contributed by atoms with Crippen LogP contribution in [0.15, 0.2) is 24.3 Å². The Hall–Kier alpha value is -3.11. The molecule has 11 heteroatoms. The summed E-state index contributed by atoms with van der Waals surface area (Å²) in [4.78, 5) is 54.1. The highest BCUT2D eigenvalue weighted by molar-refractivity contribution is 5.91. The van der Waals surface area contributed by atoms with Crippen molar-refractivity contribution < 1.29 is 37.1 Å². The van der Waals surface area contributed by atoms with Crippen molar-refractivity contribution in [3.05, 3.63) is 35.4 Å². The molecule has 2 heterocycles. The van der Waals surface area contributed by atoms with Crippen molar-refractivity contribution in [3.8, 4) is 0 Å². The van der Waals surface area contributed by atoms with Crippen molar-refractivity contribution in [2.24, 2.45) is 11.8 Å². The van der Waals surface area contributed by atoms with E-state index in [-0.39, 0.29) is 55.7 Å². The average Bonchev–Trinajstić information content (AvgIpc) is 3.18. The maximum atomic E-state index is 13.0. The van der Waals surface area contributed by atoms with Gasteiger partial charge in [-0.2, -0.15) is 13.2 Å². The molecule has 1 aromatic rings. The highest BCUT2D eigenvalue weighted by Gasteiger charge is 2.37. The van der Waals surface area contributed by atoms with E-state index in [1.807, 2.05) is 0 Å². The maximum Gasteiger partial charge on any atom is 0.416 e. The number of piperidine rings is 1. The standard InChI is InChI=1S/C24H30F3N3O5/c1-3-35-23(34)17-7-9-29(10-8-17)21(32)15-28(2)22(33)18-12-20(31)30(14-18)13-16-5-4-6-19(11-16)24(25,26)27/h4-6,11,17-18H,3,7-10,12-15H2,1-2H3. The van der Waals surface area contributed by atoms with E-state index < -0.39 is 17.7 Å². The van der Waals surface area contributed by atoms with Gasteiger partial charge in [0.2, 0.25) is 17.7 Å². The molecule has 35 heavy (non-hydrogen) atoms. The highest BCUT2D eigenvalue weighted by atomic mass is 19.4. The first-order chi connectivity index (χ1) is 16.5. The number of hydrogen-bond donors (Lipinski definition) is 0. The van der Waals surface area contributed by atoms with E-state index in [4.69, 9.17) is 4.74 Å². The van der Waals surface area contributed by atoms with Gasteiger partial charge in [-0.25, -0.2) is 0 Å². The van der Waals surface area contributed by atoms with Crippen LogP contribution in [0, 0.1) is 11.8 Å². The molecule has 0 spiro atoms. The average molecular weight is 498 g/mol. The largest absolute Gasteiger partial charge is 0.466 e. The van der Waals surface area contributed by atoms with Crippen LogP contribution in [0.3, 0.4) is 0 Å². The minimum absolute atomic E-state index is 0.0232. The van der Waals surface area contributed by atoms with E-state index in [1.54, 1.807) is 11.8 Å². The first kappa shape index (κ1) is 26.5. The van der Waals surface area contributed by atoms with Crippen molar-refractivity contribution in [1.29, 1.82) is 0 Å². The molecular formula is C24H30F3N3O5. The summed E-state index contributed by atoms with van der Waals surface area (Å²) in [6.45, 7) is 2.76. The van der Waals surface area contributed by atoms with Gasteiger partial charge < -0.3 is 19.4 Å². The van der Waals surface area contributed by atoms with Crippen LogP contribution in [0.1, 0.15) is 37.3 Å². The molecule has 0 saturated carbocycles. The van der Waals surface area contributed by atoms with Crippen LogP contribution < -0.4 is 0 Å². The zero-order valence-electron chi connectivity index (χ0n) is 19.8. The van der Waals surface area contributed by atoms with Gasteiger partial charge in [-0.3, -0.25) is 19.2 Å². The van der Waals surface area contributed by atoms with Crippen molar-refractivity contribution in [2.45, 2.75) is 38.9 Å². The minimum Gasteiger partial charge on any atom is -0.466 e. The number of alkyl halides is 3. The lowest BCUT2D eigenvalue weighted by Crippen LogP contribution is -2.46. The number of amides is 3. The molecule has 3 rings (SSSR count). The Morgan fingerprint density at radius 2 is 1.83 bits per heavy atom. The molecule has 2 fully saturated rings. The van der Waals surface area contributed by atoms with Crippen LogP contribution in [-0.2, 0) is 36.6 Å². The van der Waals surface area contributed by atoms with Crippen LogP contribution >= 0.6 is 0 Å². The minimum atomic E-state index is -4.48. The monoisotopic (exact) mass is 497 g/mol. The second kappa shape index (κ2) is 11.1. The lowest BCUT2D eigenvalue weighted by atomic mass is 9.97. The van der Waals surface area contributed by atoms with Gasteiger partial charge in [-0.1, -0.05) is 12.1 Å². The lowest BCUT2D eigenvalue weighted by Gasteiger charge is -2.32. The predicted molar refractivity (Wildman–Crippen MR) is 119 cm³/mol. The molecule has 0 bridgehead atoms. The number of carbonyl (C=O) groups is 4. The van der Waals surface area contributed by atoms with Gasteiger partial charge in [0.25, 0.3) is 0 Å². The highest BCUT2D eigenvalue weighted by Crippen LogP contribution is 2.30. The van der Waals surface area contributed by atoms with Gasteiger partial charge >= 0.3 is 12.1 Å². The molecule has 2 aliphatic heterocycles. The number of ether oxygens (including phenoxy) is 1. The summed E-state index contributed by atoms with van der Waals surface area (Å²) in [5, 5.41) is 0.